The fourth-order valence-electron chi connectivity index (χ4n) is 5.11. The summed E-state index contributed by atoms with van der Waals surface area (Å²) in [5.74, 6) is -2.76. The summed E-state index contributed by atoms with van der Waals surface area (Å²) in [6.45, 7) is 7.97. The molecule has 0 bridgehead atoms. The van der Waals surface area contributed by atoms with Crippen LogP contribution in [0.15, 0.2) is 69.9 Å². The third kappa shape index (κ3) is 9.51. The van der Waals surface area contributed by atoms with Gasteiger partial charge in [-0.25, -0.2) is 4.79 Å². The molecule has 0 aliphatic heterocycles. The van der Waals surface area contributed by atoms with Gasteiger partial charge in [-0.1, -0.05) is 51.6 Å². The fraction of sp³-hybridized carbons (Fsp3) is 0.389. The Morgan fingerprint density at radius 2 is 1.51 bits per heavy atom. The van der Waals surface area contributed by atoms with Gasteiger partial charge in [0.15, 0.2) is 0 Å². The first-order chi connectivity index (χ1) is 22.5. The van der Waals surface area contributed by atoms with Gasteiger partial charge in [0.05, 0.1) is 23.1 Å². The Morgan fingerprint density at radius 1 is 0.851 bits per heavy atom. The molecule has 1 aromatic heterocycles. The molecule has 0 atom stereocenters. The van der Waals surface area contributed by atoms with E-state index in [0.29, 0.717) is 30.5 Å². The van der Waals surface area contributed by atoms with Gasteiger partial charge >= 0.3 is 12.1 Å². The second-order valence-corrected chi connectivity index (χ2v) is 11.6. The third-order valence-electron chi connectivity index (χ3n) is 7.39. The summed E-state index contributed by atoms with van der Waals surface area (Å²) < 4.78 is 65.7. The summed E-state index contributed by atoms with van der Waals surface area (Å²) in [6, 6.07) is 14.7. The van der Waals surface area contributed by atoms with Crippen molar-refractivity contribution in [1.29, 1.82) is 0 Å². The van der Waals surface area contributed by atoms with Gasteiger partial charge < -0.3 is 18.6 Å². The molecule has 0 saturated carbocycles. The summed E-state index contributed by atoms with van der Waals surface area (Å²) in [5.41, 5.74) is -0.988. The molecule has 0 unspecified atom stereocenters. The van der Waals surface area contributed by atoms with Crippen LogP contribution in [0.3, 0.4) is 0 Å². The number of unbranched alkanes of at least 4 members (excludes halogenated alkanes) is 3. The summed E-state index contributed by atoms with van der Waals surface area (Å²) in [7, 11) is 0. The summed E-state index contributed by atoms with van der Waals surface area (Å²) in [4.78, 5) is 28.9. The lowest BCUT2D eigenvalue weighted by atomic mass is 10.1. The van der Waals surface area contributed by atoms with Gasteiger partial charge in [0.1, 0.15) is 22.8 Å². The van der Waals surface area contributed by atoms with Crippen molar-refractivity contribution in [2.75, 3.05) is 19.7 Å². The van der Waals surface area contributed by atoms with Crippen LogP contribution in [0, 0.1) is 0 Å². The maximum atomic E-state index is 14.4. The first-order valence-corrected chi connectivity index (χ1v) is 16.2. The number of carbonyl (C=O) groups excluding carboxylic acids is 1. The molecule has 4 aromatic rings. The minimum absolute atomic E-state index is 0.0152. The van der Waals surface area contributed by atoms with Crippen LogP contribution in [0.5, 0.6) is 23.0 Å². The molecule has 4 rings (SSSR count). The maximum Gasteiger partial charge on any atom is 0.453 e. The molecule has 1 heterocycles. The van der Waals surface area contributed by atoms with Crippen LogP contribution in [0.25, 0.3) is 11.0 Å². The molecule has 0 fully saturated rings. The Balaban J connectivity index is 1.74. The van der Waals surface area contributed by atoms with Crippen molar-refractivity contribution in [2.24, 2.45) is 0 Å². The first-order valence-electron chi connectivity index (χ1n) is 15.9. The van der Waals surface area contributed by atoms with E-state index in [0.717, 1.165) is 38.5 Å². The molecule has 0 N–H and O–H groups in total. The quantitative estimate of drug-likeness (QED) is 0.0665. The van der Waals surface area contributed by atoms with E-state index in [-0.39, 0.29) is 40.1 Å². The molecular formula is C36H39ClF3NO6. The van der Waals surface area contributed by atoms with Crippen molar-refractivity contribution < 1.29 is 36.6 Å². The lowest BCUT2D eigenvalue weighted by Crippen LogP contribution is -2.26. The molecular weight excluding hydrogens is 635 g/mol. The van der Waals surface area contributed by atoms with E-state index >= 15 is 0 Å². The highest BCUT2D eigenvalue weighted by molar-refractivity contribution is 6.30. The number of carbonyl (C=O) groups is 1. The Morgan fingerprint density at radius 3 is 2.13 bits per heavy atom. The van der Waals surface area contributed by atoms with Crippen LogP contribution < -0.4 is 19.6 Å². The van der Waals surface area contributed by atoms with E-state index in [2.05, 4.69) is 6.92 Å². The number of fused-ring (bicyclic) bond motifs is 1. The monoisotopic (exact) mass is 673 g/mol. The molecule has 0 amide bonds. The van der Waals surface area contributed by atoms with Crippen LogP contribution in [-0.4, -0.2) is 30.6 Å². The second kappa shape index (κ2) is 16.7. The molecule has 3 aromatic carbocycles. The standard InChI is InChI=1S/C36H39ClF3NO6/c1-4-7-8-9-22-44-26-14-10-24(11-15-26)35(43)46-30-19-18-28-31(42)33(45-27-16-12-25(37)13-17-27)34(36(38,39)40)47-32(28)29(30)23-41(20-5-2)21-6-3/h10-19H,4-9,20-23H2,1-3H3. The molecule has 0 radical (unpaired) electrons. The third-order valence-corrected chi connectivity index (χ3v) is 7.64. The smallest absolute Gasteiger partial charge is 0.453 e. The van der Waals surface area contributed by atoms with Crippen LogP contribution in [0.4, 0.5) is 13.2 Å². The van der Waals surface area contributed by atoms with Gasteiger partial charge in [0, 0.05) is 11.6 Å². The lowest BCUT2D eigenvalue weighted by Gasteiger charge is -2.23. The predicted octanol–water partition coefficient (Wildman–Crippen LogP) is 10.1. The van der Waals surface area contributed by atoms with Crippen molar-refractivity contribution >= 4 is 28.5 Å². The predicted molar refractivity (Wildman–Crippen MR) is 176 cm³/mol. The SMILES string of the molecule is CCCCCCOc1ccc(C(=O)Oc2ccc3c(=O)c(Oc4ccc(Cl)cc4)c(C(F)(F)F)oc3c2CN(CCC)CCC)cc1. The van der Waals surface area contributed by atoms with Crippen molar-refractivity contribution in [1.82, 2.24) is 4.90 Å². The van der Waals surface area contributed by atoms with Crippen molar-refractivity contribution in [3.63, 3.8) is 0 Å². The van der Waals surface area contributed by atoms with Crippen LogP contribution >= 0.6 is 11.6 Å². The zero-order valence-electron chi connectivity index (χ0n) is 26.8. The van der Waals surface area contributed by atoms with Gasteiger partial charge in [-0.3, -0.25) is 9.69 Å². The summed E-state index contributed by atoms with van der Waals surface area (Å²) in [6.07, 6.45) is 0.721. The van der Waals surface area contributed by atoms with Crippen LogP contribution in [0.2, 0.25) is 5.02 Å². The number of nitrogens with zero attached hydrogens (tertiary/aromatic N) is 1. The number of hydrogen-bond donors (Lipinski definition) is 0. The highest BCUT2D eigenvalue weighted by Gasteiger charge is 2.41. The number of ether oxygens (including phenoxy) is 3. The summed E-state index contributed by atoms with van der Waals surface area (Å²) in [5, 5.41) is 0.196. The minimum atomic E-state index is -5.08. The Hall–Kier alpha value is -4.02. The van der Waals surface area contributed by atoms with E-state index in [1.54, 1.807) is 24.3 Å². The van der Waals surface area contributed by atoms with Crippen molar-refractivity contribution in [3.05, 3.63) is 92.8 Å². The molecule has 0 saturated heterocycles. The largest absolute Gasteiger partial charge is 0.494 e. The number of halogens is 4. The number of alkyl halides is 3. The van der Waals surface area contributed by atoms with E-state index < -0.39 is 29.1 Å². The number of rotatable bonds is 16. The van der Waals surface area contributed by atoms with Crippen molar-refractivity contribution in [3.8, 4) is 23.0 Å². The first kappa shape index (κ1) is 35.8. The van der Waals surface area contributed by atoms with E-state index in [9.17, 15) is 22.8 Å². The summed E-state index contributed by atoms with van der Waals surface area (Å²) >= 11 is 5.90. The average Bonchev–Trinajstić information content (AvgIpc) is 3.04. The van der Waals surface area contributed by atoms with Gasteiger partial charge in [0.25, 0.3) is 5.76 Å². The molecule has 0 aliphatic carbocycles. The molecule has 7 nitrogen and oxygen atoms in total. The zero-order valence-corrected chi connectivity index (χ0v) is 27.5. The van der Waals surface area contributed by atoms with Crippen LogP contribution in [0.1, 0.15) is 81.0 Å². The average molecular weight is 674 g/mol. The van der Waals surface area contributed by atoms with Crippen molar-refractivity contribution in [2.45, 2.75) is 72.0 Å². The van der Waals surface area contributed by atoms with Gasteiger partial charge in [-0.15, -0.1) is 0 Å². The topological polar surface area (TPSA) is 78.2 Å². The highest BCUT2D eigenvalue weighted by Crippen LogP contribution is 2.40. The lowest BCUT2D eigenvalue weighted by molar-refractivity contribution is -0.154. The maximum absolute atomic E-state index is 14.4. The van der Waals surface area contributed by atoms with E-state index in [1.807, 2.05) is 18.7 Å². The highest BCUT2D eigenvalue weighted by atomic mass is 35.5. The minimum Gasteiger partial charge on any atom is -0.494 e. The Labute approximate surface area is 277 Å². The Bertz CT molecular complexity index is 1680. The fourth-order valence-corrected chi connectivity index (χ4v) is 5.24. The molecule has 47 heavy (non-hydrogen) atoms. The van der Waals surface area contributed by atoms with E-state index in [1.165, 1.54) is 36.4 Å². The normalized spacial score (nSPS) is 11.7. The number of benzene rings is 3. The number of hydrogen-bond acceptors (Lipinski definition) is 7. The van der Waals surface area contributed by atoms with Crippen LogP contribution in [-0.2, 0) is 12.7 Å². The van der Waals surface area contributed by atoms with Gasteiger partial charge in [-0.05, 0) is 93.0 Å². The van der Waals surface area contributed by atoms with Gasteiger partial charge in [-0.2, -0.15) is 13.2 Å². The molecule has 0 aliphatic rings. The Kier molecular flexibility index (Phi) is 12.7. The number of esters is 1. The second-order valence-electron chi connectivity index (χ2n) is 11.2. The molecule has 252 valence electrons. The van der Waals surface area contributed by atoms with Gasteiger partial charge in [0.2, 0.25) is 11.2 Å². The molecule has 0 spiro atoms. The zero-order chi connectivity index (χ0) is 34.0. The molecule has 11 heteroatoms. The van der Waals surface area contributed by atoms with E-state index in [4.69, 9.17) is 30.2 Å².